The van der Waals surface area contributed by atoms with Gasteiger partial charge in [0.05, 0.1) is 10.6 Å². The Bertz CT molecular complexity index is 955. The zero-order valence-electron chi connectivity index (χ0n) is 17.6. The molecule has 1 saturated heterocycles. The van der Waals surface area contributed by atoms with Gasteiger partial charge >= 0.3 is 0 Å². The fourth-order valence-electron chi connectivity index (χ4n) is 3.80. The maximum atomic E-state index is 13.2. The van der Waals surface area contributed by atoms with Crippen molar-refractivity contribution in [2.45, 2.75) is 32.7 Å². The maximum Gasteiger partial charge on any atom is 0.253 e. The van der Waals surface area contributed by atoms with Crippen LogP contribution in [-0.2, 0) is 4.79 Å². The summed E-state index contributed by atoms with van der Waals surface area (Å²) in [4.78, 5) is 40.3. The summed E-state index contributed by atoms with van der Waals surface area (Å²) < 4.78 is 0. The molecule has 0 aromatic heterocycles. The number of rotatable bonds is 6. The SMILES string of the molecule is CC(C)[C@H](NC(=O)c1ccc(Cl)cc1Cl)C(=O)N1CCC(C(=O)c2ccccc2)CC1. The van der Waals surface area contributed by atoms with Gasteiger partial charge in [-0.25, -0.2) is 0 Å². The predicted octanol–water partition coefficient (Wildman–Crippen LogP) is 4.87. The second-order valence-corrected chi connectivity index (χ2v) is 8.99. The molecule has 1 aliphatic rings. The minimum atomic E-state index is -0.680. The van der Waals surface area contributed by atoms with Gasteiger partial charge in [0.25, 0.3) is 5.91 Å². The number of halogens is 2. The van der Waals surface area contributed by atoms with Crippen LogP contribution in [0.4, 0.5) is 0 Å². The Morgan fingerprint density at radius 1 is 1.00 bits per heavy atom. The van der Waals surface area contributed by atoms with Crippen molar-refractivity contribution in [1.29, 1.82) is 0 Å². The number of piperidine rings is 1. The Morgan fingerprint density at radius 2 is 1.65 bits per heavy atom. The summed E-state index contributed by atoms with van der Waals surface area (Å²) in [5.41, 5.74) is 0.983. The van der Waals surface area contributed by atoms with E-state index in [9.17, 15) is 14.4 Å². The second kappa shape index (κ2) is 10.3. The topological polar surface area (TPSA) is 66.5 Å². The molecule has 2 amide bonds. The van der Waals surface area contributed by atoms with Crippen LogP contribution in [0.2, 0.25) is 10.0 Å². The Balaban J connectivity index is 1.63. The third-order valence-corrected chi connectivity index (χ3v) is 6.18. The van der Waals surface area contributed by atoms with Crippen molar-refractivity contribution in [2.75, 3.05) is 13.1 Å². The lowest BCUT2D eigenvalue weighted by Crippen LogP contribution is -2.53. The highest BCUT2D eigenvalue weighted by molar-refractivity contribution is 6.36. The number of carbonyl (C=O) groups excluding carboxylic acids is 3. The average Bonchev–Trinajstić information content (AvgIpc) is 2.77. The molecule has 1 heterocycles. The fraction of sp³-hybridized carbons (Fsp3) is 0.375. The van der Waals surface area contributed by atoms with Gasteiger partial charge < -0.3 is 10.2 Å². The number of carbonyl (C=O) groups is 3. The molecule has 0 radical (unpaired) electrons. The molecule has 0 spiro atoms. The van der Waals surface area contributed by atoms with E-state index in [1.165, 1.54) is 6.07 Å². The maximum absolute atomic E-state index is 13.2. The summed E-state index contributed by atoms with van der Waals surface area (Å²) in [6.45, 7) is 4.75. The van der Waals surface area contributed by atoms with Gasteiger partial charge in [-0.15, -0.1) is 0 Å². The Kier molecular flexibility index (Phi) is 7.74. The summed E-state index contributed by atoms with van der Waals surface area (Å²) in [5.74, 6) is -0.627. The zero-order valence-corrected chi connectivity index (χ0v) is 19.1. The van der Waals surface area contributed by atoms with Gasteiger partial charge in [-0.1, -0.05) is 67.4 Å². The molecule has 1 N–H and O–H groups in total. The van der Waals surface area contributed by atoms with E-state index in [-0.39, 0.29) is 34.1 Å². The minimum absolute atomic E-state index is 0.0913. The molecule has 1 atom stereocenters. The zero-order chi connectivity index (χ0) is 22.5. The van der Waals surface area contributed by atoms with Crippen molar-refractivity contribution < 1.29 is 14.4 Å². The second-order valence-electron chi connectivity index (χ2n) is 8.15. The molecule has 7 heteroatoms. The van der Waals surface area contributed by atoms with Crippen LogP contribution < -0.4 is 5.32 Å². The number of benzene rings is 2. The van der Waals surface area contributed by atoms with E-state index < -0.39 is 11.9 Å². The highest BCUT2D eigenvalue weighted by Crippen LogP contribution is 2.24. The summed E-state index contributed by atoms with van der Waals surface area (Å²) in [6.07, 6.45) is 1.22. The third kappa shape index (κ3) is 5.66. The Hall–Kier alpha value is -2.37. The average molecular weight is 461 g/mol. The van der Waals surface area contributed by atoms with E-state index in [2.05, 4.69) is 5.32 Å². The smallest absolute Gasteiger partial charge is 0.253 e. The van der Waals surface area contributed by atoms with Gasteiger partial charge in [0.2, 0.25) is 5.91 Å². The lowest BCUT2D eigenvalue weighted by molar-refractivity contribution is -0.135. The van der Waals surface area contributed by atoms with Crippen LogP contribution in [0.1, 0.15) is 47.4 Å². The quantitative estimate of drug-likeness (QED) is 0.625. The first-order valence-electron chi connectivity index (χ1n) is 10.4. The molecule has 0 saturated carbocycles. The van der Waals surface area contributed by atoms with Crippen molar-refractivity contribution >= 4 is 40.8 Å². The van der Waals surface area contributed by atoms with Gasteiger partial charge in [-0.2, -0.15) is 0 Å². The number of hydrogen-bond acceptors (Lipinski definition) is 3. The molecular formula is C24H26Cl2N2O3. The van der Waals surface area contributed by atoms with Gasteiger partial charge in [0, 0.05) is 29.6 Å². The summed E-state index contributed by atoms with van der Waals surface area (Å²) >= 11 is 12.0. The minimum Gasteiger partial charge on any atom is -0.341 e. The summed E-state index contributed by atoms with van der Waals surface area (Å²) in [6, 6.07) is 13.2. The van der Waals surface area contributed by atoms with Gasteiger partial charge in [0.15, 0.2) is 5.78 Å². The number of nitrogens with one attached hydrogen (secondary N) is 1. The lowest BCUT2D eigenvalue weighted by atomic mass is 9.88. The molecule has 2 aromatic rings. The lowest BCUT2D eigenvalue weighted by Gasteiger charge is -2.35. The number of hydrogen-bond donors (Lipinski definition) is 1. The number of ketones is 1. The first kappa shape index (κ1) is 23.3. The fourth-order valence-corrected chi connectivity index (χ4v) is 4.30. The first-order valence-corrected chi connectivity index (χ1v) is 11.2. The van der Waals surface area contributed by atoms with E-state index in [4.69, 9.17) is 23.2 Å². The molecule has 31 heavy (non-hydrogen) atoms. The van der Waals surface area contributed by atoms with E-state index in [1.807, 2.05) is 44.2 Å². The van der Waals surface area contributed by atoms with Gasteiger partial charge in [-0.3, -0.25) is 14.4 Å². The Labute approximate surface area is 192 Å². The van der Waals surface area contributed by atoms with Crippen LogP contribution in [0.3, 0.4) is 0 Å². The molecule has 0 aliphatic carbocycles. The monoisotopic (exact) mass is 460 g/mol. The van der Waals surface area contributed by atoms with Crippen LogP contribution in [0.15, 0.2) is 48.5 Å². The summed E-state index contributed by atoms with van der Waals surface area (Å²) in [5, 5.41) is 3.50. The molecule has 0 bridgehead atoms. The van der Waals surface area contributed by atoms with E-state index in [0.29, 0.717) is 36.5 Å². The largest absolute Gasteiger partial charge is 0.341 e. The van der Waals surface area contributed by atoms with Crippen LogP contribution in [0.5, 0.6) is 0 Å². The molecular weight excluding hydrogens is 435 g/mol. The first-order chi connectivity index (χ1) is 14.8. The van der Waals surface area contributed by atoms with E-state index >= 15 is 0 Å². The molecule has 1 aliphatic heterocycles. The standard InChI is InChI=1S/C24H26Cl2N2O3/c1-15(2)21(27-23(30)19-9-8-18(25)14-20(19)26)24(31)28-12-10-17(11-13-28)22(29)16-6-4-3-5-7-16/h3-9,14-15,17,21H,10-13H2,1-2H3,(H,27,30)/t21-/m0/s1. The van der Waals surface area contributed by atoms with Crippen LogP contribution >= 0.6 is 23.2 Å². The molecule has 5 nitrogen and oxygen atoms in total. The van der Waals surface area contributed by atoms with Crippen molar-refractivity contribution in [1.82, 2.24) is 10.2 Å². The summed E-state index contributed by atoms with van der Waals surface area (Å²) in [7, 11) is 0. The number of Topliss-reactive ketones (excluding diaryl/α,β-unsaturated/α-hetero) is 1. The van der Waals surface area contributed by atoms with Crippen molar-refractivity contribution in [3.05, 3.63) is 69.7 Å². The van der Waals surface area contributed by atoms with Gasteiger partial charge in [-0.05, 0) is 37.0 Å². The number of nitrogens with zero attached hydrogens (tertiary/aromatic N) is 1. The Morgan fingerprint density at radius 3 is 2.23 bits per heavy atom. The van der Waals surface area contributed by atoms with Crippen molar-refractivity contribution in [3.63, 3.8) is 0 Å². The predicted molar refractivity (Wildman–Crippen MR) is 123 cm³/mol. The van der Waals surface area contributed by atoms with E-state index in [0.717, 1.165) is 0 Å². The third-order valence-electron chi connectivity index (χ3n) is 5.63. The molecule has 1 fully saturated rings. The molecule has 3 rings (SSSR count). The van der Waals surface area contributed by atoms with Crippen molar-refractivity contribution in [3.8, 4) is 0 Å². The molecule has 0 unspecified atom stereocenters. The highest BCUT2D eigenvalue weighted by Gasteiger charge is 2.33. The van der Waals surface area contributed by atoms with Crippen LogP contribution in [0.25, 0.3) is 0 Å². The molecule has 2 aromatic carbocycles. The van der Waals surface area contributed by atoms with Crippen molar-refractivity contribution in [2.24, 2.45) is 11.8 Å². The number of amides is 2. The van der Waals surface area contributed by atoms with Gasteiger partial charge in [0.1, 0.15) is 6.04 Å². The normalized spacial score (nSPS) is 15.6. The molecule has 164 valence electrons. The number of likely N-dealkylation sites (tertiary alicyclic amines) is 1. The van der Waals surface area contributed by atoms with Crippen LogP contribution in [0, 0.1) is 11.8 Å². The highest BCUT2D eigenvalue weighted by atomic mass is 35.5. The van der Waals surface area contributed by atoms with E-state index in [1.54, 1.807) is 17.0 Å². The van der Waals surface area contributed by atoms with Crippen LogP contribution in [-0.4, -0.2) is 41.6 Å².